The SMILES string of the molecule is O=C(CCN1C(=O)NC2(CCCC2)C1=O)Nc1nc(-c2ccccn2)cs1. The molecule has 8 nitrogen and oxygen atoms in total. The van der Waals surface area contributed by atoms with E-state index in [1.165, 1.54) is 11.3 Å². The summed E-state index contributed by atoms with van der Waals surface area (Å²) < 4.78 is 0. The summed E-state index contributed by atoms with van der Waals surface area (Å²) in [5, 5.41) is 7.81. The molecule has 1 aliphatic heterocycles. The van der Waals surface area contributed by atoms with E-state index in [0.29, 0.717) is 23.7 Å². The molecule has 1 aliphatic carbocycles. The van der Waals surface area contributed by atoms with Gasteiger partial charge in [-0.2, -0.15) is 0 Å². The lowest BCUT2D eigenvalue weighted by molar-refractivity contribution is -0.131. The van der Waals surface area contributed by atoms with Crippen LogP contribution in [0, 0.1) is 0 Å². The molecule has 2 aliphatic rings. The van der Waals surface area contributed by atoms with Crippen molar-refractivity contribution in [1.29, 1.82) is 0 Å². The van der Waals surface area contributed by atoms with Gasteiger partial charge in [0.1, 0.15) is 11.2 Å². The Bertz CT molecular complexity index is 876. The largest absolute Gasteiger partial charge is 0.325 e. The van der Waals surface area contributed by atoms with Crippen molar-refractivity contribution in [3.05, 3.63) is 29.8 Å². The van der Waals surface area contributed by atoms with Gasteiger partial charge in [-0.05, 0) is 25.0 Å². The summed E-state index contributed by atoms with van der Waals surface area (Å²) in [5.41, 5.74) is 0.684. The van der Waals surface area contributed by atoms with E-state index in [2.05, 4.69) is 20.6 Å². The third-order valence-electron chi connectivity index (χ3n) is 4.94. The van der Waals surface area contributed by atoms with Crippen LogP contribution >= 0.6 is 11.3 Å². The number of hydrogen-bond acceptors (Lipinski definition) is 6. The van der Waals surface area contributed by atoms with Gasteiger partial charge in [-0.1, -0.05) is 18.9 Å². The van der Waals surface area contributed by atoms with E-state index in [4.69, 9.17) is 0 Å². The predicted octanol–water partition coefficient (Wildman–Crippen LogP) is 2.40. The third kappa shape index (κ3) is 3.42. The normalized spacial score (nSPS) is 18.1. The maximum absolute atomic E-state index is 12.6. The second-order valence-corrected chi connectivity index (χ2v) is 7.59. The van der Waals surface area contributed by atoms with E-state index >= 15 is 0 Å². The highest BCUT2D eigenvalue weighted by molar-refractivity contribution is 7.14. The summed E-state index contributed by atoms with van der Waals surface area (Å²) in [6.45, 7) is 0.0662. The molecule has 2 aromatic heterocycles. The van der Waals surface area contributed by atoms with E-state index in [-0.39, 0.29) is 24.8 Å². The smallest absolute Gasteiger partial charge is 0.323 e. The van der Waals surface area contributed by atoms with Crippen molar-refractivity contribution in [3.8, 4) is 11.4 Å². The van der Waals surface area contributed by atoms with E-state index in [9.17, 15) is 14.4 Å². The fourth-order valence-electron chi connectivity index (χ4n) is 3.55. The van der Waals surface area contributed by atoms with Gasteiger partial charge in [0.25, 0.3) is 5.91 Å². The molecule has 3 heterocycles. The summed E-state index contributed by atoms with van der Waals surface area (Å²) in [6, 6.07) is 5.14. The molecule has 4 amide bonds. The van der Waals surface area contributed by atoms with Gasteiger partial charge in [-0.15, -0.1) is 11.3 Å². The Morgan fingerprint density at radius 3 is 2.81 bits per heavy atom. The number of anilines is 1. The third-order valence-corrected chi connectivity index (χ3v) is 5.70. The van der Waals surface area contributed by atoms with Gasteiger partial charge < -0.3 is 10.6 Å². The molecule has 9 heteroatoms. The minimum atomic E-state index is -0.736. The minimum absolute atomic E-state index is 0.0355. The molecule has 0 aromatic carbocycles. The average Bonchev–Trinajstić information content (AvgIpc) is 3.37. The van der Waals surface area contributed by atoms with Gasteiger partial charge in [0.05, 0.1) is 5.69 Å². The predicted molar refractivity (Wildman–Crippen MR) is 100 cm³/mol. The number of hydrogen-bond donors (Lipinski definition) is 2. The first-order valence-electron chi connectivity index (χ1n) is 8.88. The molecule has 2 fully saturated rings. The molecule has 27 heavy (non-hydrogen) atoms. The lowest BCUT2D eigenvalue weighted by atomic mass is 9.98. The molecular formula is C18H19N5O3S. The molecule has 1 spiro atoms. The number of thiazole rings is 1. The van der Waals surface area contributed by atoms with Gasteiger partial charge in [0.2, 0.25) is 5.91 Å². The van der Waals surface area contributed by atoms with Gasteiger partial charge in [-0.25, -0.2) is 9.78 Å². The lowest BCUT2D eigenvalue weighted by Gasteiger charge is -2.19. The standard InChI is InChI=1S/C18H19N5O3S/c24-14(21-16-20-13(11-27-16)12-5-1-4-9-19-12)6-10-23-15(25)18(22-17(23)26)7-2-3-8-18/h1,4-5,9,11H,2-3,6-8,10H2,(H,22,26)(H,20,21,24). The second kappa shape index (κ2) is 7.07. The van der Waals surface area contributed by atoms with Crippen LogP contribution in [0.15, 0.2) is 29.8 Å². The number of carbonyl (C=O) groups is 3. The fraction of sp³-hybridized carbons (Fsp3) is 0.389. The molecule has 2 N–H and O–H groups in total. The quantitative estimate of drug-likeness (QED) is 0.769. The Hall–Kier alpha value is -2.81. The van der Waals surface area contributed by atoms with Crippen LogP contribution in [0.1, 0.15) is 32.1 Å². The highest BCUT2D eigenvalue weighted by Gasteiger charge is 2.52. The second-order valence-electron chi connectivity index (χ2n) is 6.73. The van der Waals surface area contributed by atoms with Crippen LogP contribution in [0.5, 0.6) is 0 Å². The number of carbonyl (C=O) groups excluding carboxylic acids is 3. The van der Waals surface area contributed by atoms with Crippen LogP contribution in [0.3, 0.4) is 0 Å². The van der Waals surface area contributed by atoms with Crippen molar-refractivity contribution in [3.63, 3.8) is 0 Å². The number of nitrogens with zero attached hydrogens (tertiary/aromatic N) is 3. The fourth-order valence-corrected chi connectivity index (χ4v) is 4.28. The molecule has 2 aromatic rings. The molecule has 1 saturated carbocycles. The number of nitrogens with one attached hydrogen (secondary N) is 2. The number of rotatable bonds is 5. The Balaban J connectivity index is 1.33. The molecular weight excluding hydrogens is 366 g/mol. The van der Waals surface area contributed by atoms with Crippen molar-refractivity contribution in [2.75, 3.05) is 11.9 Å². The highest BCUT2D eigenvalue weighted by Crippen LogP contribution is 2.35. The summed E-state index contributed by atoms with van der Waals surface area (Å²) in [7, 11) is 0. The van der Waals surface area contributed by atoms with Crippen LogP contribution in [-0.2, 0) is 9.59 Å². The Morgan fingerprint density at radius 1 is 1.26 bits per heavy atom. The lowest BCUT2D eigenvalue weighted by Crippen LogP contribution is -2.44. The summed E-state index contributed by atoms with van der Waals surface area (Å²) >= 11 is 1.30. The van der Waals surface area contributed by atoms with Crippen molar-refractivity contribution in [2.45, 2.75) is 37.6 Å². The maximum Gasteiger partial charge on any atom is 0.325 e. The van der Waals surface area contributed by atoms with E-state index in [1.54, 1.807) is 6.20 Å². The van der Waals surface area contributed by atoms with Crippen molar-refractivity contribution >= 4 is 34.3 Å². The molecule has 0 radical (unpaired) electrons. The van der Waals surface area contributed by atoms with Crippen LogP contribution in [0.4, 0.5) is 9.93 Å². The first-order chi connectivity index (χ1) is 13.1. The van der Waals surface area contributed by atoms with E-state index in [0.717, 1.165) is 23.4 Å². The maximum atomic E-state index is 12.6. The molecule has 4 rings (SSSR count). The number of aromatic nitrogens is 2. The zero-order chi connectivity index (χ0) is 18.9. The topological polar surface area (TPSA) is 104 Å². The van der Waals surface area contributed by atoms with Crippen molar-refractivity contribution in [1.82, 2.24) is 20.2 Å². The van der Waals surface area contributed by atoms with Gasteiger partial charge in [-0.3, -0.25) is 19.5 Å². The minimum Gasteiger partial charge on any atom is -0.323 e. The van der Waals surface area contributed by atoms with Gasteiger partial charge >= 0.3 is 6.03 Å². The van der Waals surface area contributed by atoms with Gasteiger partial charge in [0.15, 0.2) is 5.13 Å². The Kier molecular flexibility index (Phi) is 4.61. The van der Waals surface area contributed by atoms with Crippen LogP contribution in [-0.4, -0.2) is 44.8 Å². The molecule has 0 atom stereocenters. The van der Waals surface area contributed by atoms with Crippen molar-refractivity contribution in [2.24, 2.45) is 0 Å². The molecule has 0 unspecified atom stereocenters. The van der Waals surface area contributed by atoms with E-state index in [1.807, 2.05) is 23.6 Å². The van der Waals surface area contributed by atoms with E-state index < -0.39 is 11.6 Å². The zero-order valence-electron chi connectivity index (χ0n) is 14.6. The van der Waals surface area contributed by atoms with Crippen LogP contribution < -0.4 is 10.6 Å². The average molecular weight is 385 g/mol. The van der Waals surface area contributed by atoms with Gasteiger partial charge in [0, 0.05) is 24.5 Å². The van der Waals surface area contributed by atoms with Crippen LogP contribution in [0.25, 0.3) is 11.4 Å². The van der Waals surface area contributed by atoms with Crippen molar-refractivity contribution < 1.29 is 14.4 Å². The summed E-state index contributed by atoms with van der Waals surface area (Å²) in [4.78, 5) is 46.6. The highest BCUT2D eigenvalue weighted by atomic mass is 32.1. The number of amides is 4. The monoisotopic (exact) mass is 385 g/mol. The molecule has 1 saturated heterocycles. The van der Waals surface area contributed by atoms with Crippen LogP contribution in [0.2, 0.25) is 0 Å². The summed E-state index contributed by atoms with van der Waals surface area (Å²) in [6.07, 6.45) is 4.94. The number of pyridine rings is 1. The first-order valence-corrected chi connectivity index (χ1v) is 9.76. The summed E-state index contributed by atoms with van der Waals surface area (Å²) in [5.74, 6) is -0.491. The number of imide groups is 1. The first kappa shape index (κ1) is 17.6. The molecule has 0 bridgehead atoms. The number of urea groups is 1. The zero-order valence-corrected chi connectivity index (χ0v) is 15.4. The molecule has 140 valence electrons. The Labute approximate surface area is 160 Å². The Morgan fingerprint density at radius 2 is 2.07 bits per heavy atom.